The van der Waals surface area contributed by atoms with Crippen LogP contribution in [0.5, 0.6) is 0 Å². The predicted molar refractivity (Wildman–Crippen MR) is 77.2 cm³/mol. The van der Waals surface area contributed by atoms with Gasteiger partial charge in [0.2, 0.25) is 0 Å². The van der Waals surface area contributed by atoms with Gasteiger partial charge in [-0.05, 0) is 11.7 Å². The number of nitrogens with one attached hydrogen (secondary N) is 1. The molecular formula is C12H16ClN3O3S. The Balaban J connectivity index is 3.03. The summed E-state index contributed by atoms with van der Waals surface area (Å²) in [6.45, 7) is 5.17. The topological polar surface area (TPSA) is 92.2 Å². The van der Waals surface area contributed by atoms with E-state index >= 15 is 0 Å². The van der Waals surface area contributed by atoms with Gasteiger partial charge in [0, 0.05) is 0 Å². The second-order valence-corrected chi connectivity index (χ2v) is 6.34. The zero-order chi connectivity index (χ0) is 15.5. The number of amides is 1. The molecule has 1 unspecified atom stereocenters. The Morgan fingerprint density at radius 3 is 2.50 bits per heavy atom. The molecule has 0 radical (unpaired) electrons. The minimum atomic E-state index is -1.11. The van der Waals surface area contributed by atoms with Gasteiger partial charge in [-0.15, -0.1) is 0 Å². The molecule has 6 nitrogen and oxygen atoms in total. The van der Waals surface area contributed by atoms with Crippen molar-refractivity contribution in [1.82, 2.24) is 15.3 Å². The van der Waals surface area contributed by atoms with Crippen LogP contribution in [0.15, 0.2) is 11.4 Å². The molecule has 1 heterocycles. The van der Waals surface area contributed by atoms with E-state index < -0.39 is 23.3 Å². The molecule has 2 N–H and O–H groups in total. The van der Waals surface area contributed by atoms with Crippen LogP contribution in [0.2, 0.25) is 5.02 Å². The van der Waals surface area contributed by atoms with Gasteiger partial charge in [-0.25, -0.2) is 14.8 Å². The van der Waals surface area contributed by atoms with E-state index in [1.54, 1.807) is 27.0 Å². The molecule has 1 aromatic rings. The van der Waals surface area contributed by atoms with E-state index in [9.17, 15) is 14.7 Å². The number of hydrogen-bond donors (Lipinski definition) is 2. The van der Waals surface area contributed by atoms with E-state index in [-0.39, 0.29) is 10.7 Å². The number of carboxylic acid groups (broad SMARTS) is 1. The second kappa shape index (κ2) is 6.41. The van der Waals surface area contributed by atoms with Crippen LogP contribution in [0.4, 0.5) is 0 Å². The summed E-state index contributed by atoms with van der Waals surface area (Å²) in [5.41, 5.74) is -0.662. The Morgan fingerprint density at radius 2 is 2.05 bits per heavy atom. The molecule has 8 heteroatoms. The standard InChI is InChI=1S/C12H16ClN3O3S/c1-12(2,3)8(10(18)19)16-9(17)7-6(13)5-14-11(15-7)20-4/h5,8H,1-4H3,(H,16,17)(H,18,19). The molecule has 1 amide bonds. The number of aromatic nitrogens is 2. The maximum atomic E-state index is 12.1. The van der Waals surface area contributed by atoms with Crippen molar-refractivity contribution in [2.75, 3.05) is 6.26 Å². The lowest BCUT2D eigenvalue weighted by Gasteiger charge is -2.27. The van der Waals surface area contributed by atoms with Gasteiger partial charge in [-0.1, -0.05) is 44.1 Å². The Kier molecular flexibility index (Phi) is 5.35. The van der Waals surface area contributed by atoms with Crippen LogP contribution in [-0.2, 0) is 4.79 Å². The van der Waals surface area contributed by atoms with Crippen LogP contribution >= 0.6 is 23.4 Å². The monoisotopic (exact) mass is 317 g/mol. The number of hydrogen-bond acceptors (Lipinski definition) is 5. The molecule has 0 saturated heterocycles. The number of halogens is 1. The molecule has 0 aliphatic carbocycles. The van der Waals surface area contributed by atoms with Gasteiger partial charge in [-0.3, -0.25) is 4.79 Å². The van der Waals surface area contributed by atoms with Gasteiger partial charge in [0.25, 0.3) is 5.91 Å². The average Bonchev–Trinajstić information content (AvgIpc) is 2.34. The maximum Gasteiger partial charge on any atom is 0.326 e. The fourth-order valence-electron chi connectivity index (χ4n) is 1.46. The number of carbonyl (C=O) groups excluding carboxylic acids is 1. The predicted octanol–water partition coefficient (Wildman–Crippen LogP) is 2.08. The third-order valence-corrected chi connectivity index (χ3v) is 3.35. The Morgan fingerprint density at radius 1 is 1.45 bits per heavy atom. The van der Waals surface area contributed by atoms with Gasteiger partial charge in [0.05, 0.1) is 11.2 Å². The molecule has 0 fully saturated rings. The average molecular weight is 318 g/mol. The van der Waals surface area contributed by atoms with E-state index in [2.05, 4.69) is 15.3 Å². The first kappa shape index (κ1) is 16.7. The minimum Gasteiger partial charge on any atom is -0.480 e. The van der Waals surface area contributed by atoms with Gasteiger partial charge in [0.15, 0.2) is 10.9 Å². The fraction of sp³-hybridized carbons (Fsp3) is 0.500. The fourth-order valence-corrected chi connectivity index (χ4v) is 1.97. The largest absolute Gasteiger partial charge is 0.480 e. The van der Waals surface area contributed by atoms with Crippen molar-refractivity contribution in [3.63, 3.8) is 0 Å². The Hall–Kier alpha value is -1.34. The molecule has 0 aliphatic rings. The van der Waals surface area contributed by atoms with Crippen molar-refractivity contribution in [3.8, 4) is 0 Å². The molecule has 110 valence electrons. The normalized spacial score (nSPS) is 12.8. The van der Waals surface area contributed by atoms with E-state index in [1.807, 2.05) is 0 Å². The quantitative estimate of drug-likeness (QED) is 0.652. The highest BCUT2D eigenvalue weighted by atomic mass is 35.5. The summed E-state index contributed by atoms with van der Waals surface area (Å²) in [5, 5.41) is 12.1. The summed E-state index contributed by atoms with van der Waals surface area (Å²) < 4.78 is 0. The summed E-state index contributed by atoms with van der Waals surface area (Å²) in [6.07, 6.45) is 3.09. The lowest BCUT2D eigenvalue weighted by molar-refractivity contribution is -0.142. The molecule has 1 atom stereocenters. The SMILES string of the molecule is CSc1ncc(Cl)c(C(=O)NC(C(=O)O)C(C)(C)C)n1. The maximum absolute atomic E-state index is 12.1. The lowest BCUT2D eigenvalue weighted by atomic mass is 9.86. The van der Waals surface area contributed by atoms with E-state index in [4.69, 9.17) is 11.6 Å². The summed E-state index contributed by atoms with van der Waals surface area (Å²) >= 11 is 7.15. The summed E-state index contributed by atoms with van der Waals surface area (Å²) in [4.78, 5) is 31.3. The Bertz CT molecular complexity index is 531. The summed E-state index contributed by atoms with van der Waals surface area (Å²) in [6, 6.07) is -1.04. The summed E-state index contributed by atoms with van der Waals surface area (Å²) in [7, 11) is 0. The Labute approximate surface area is 126 Å². The zero-order valence-corrected chi connectivity index (χ0v) is 13.2. The van der Waals surface area contributed by atoms with Crippen molar-refractivity contribution in [2.24, 2.45) is 5.41 Å². The third-order valence-electron chi connectivity index (χ3n) is 2.51. The third kappa shape index (κ3) is 4.08. The first-order valence-electron chi connectivity index (χ1n) is 5.77. The van der Waals surface area contributed by atoms with E-state index in [1.165, 1.54) is 18.0 Å². The highest BCUT2D eigenvalue weighted by Crippen LogP contribution is 2.21. The molecule has 0 aromatic carbocycles. The molecule has 20 heavy (non-hydrogen) atoms. The van der Waals surface area contributed by atoms with Gasteiger partial charge >= 0.3 is 5.97 Å². The molecule has 0 saturated carbocycles. The van der Waals surface area contributed by atoms with Gasteiger partial charge in [0.1, 0.15) is 6.04 Å². The summed E-state index contributed by atoms with van der Waals surface area (Å²) in [5.74, 6) is -1.74. The smallest absolute Gasteiger partial charge is 0.326 e. The number of thioether (sulfide) groups is 1. The van der Waals surface area contributed by atoms with E-state index in [0.717, 1.165) is 0 Å². The van der Waals surface area contributed by atoms with Gasteiger partial charge < -0.3 is 10.4 Å². The number of carboxylic acids is 1. The molecule has 1 rings (SSSR count). The molecule has 0 bridgehead atoms. The van der Waals surface area contributed by atoms with Crippen LogP contribution in [0.25, 0.3) is 0 Å². The van der Waals surface area contributed by atoms with Crippen LogP contribution in [-0.4, -0.2) is 39.2 Å². The highest BCUT2D eigenvalue weighted by molar-refractivity contribution is 7.98. The van der Waals surface area contributed by atoms with Crippen LogP contribution in [0, 0.1) is 5.41 Å². The van der Waals surface area contributed by atoms with Crippen molar-refractivity contribution in [1.29, 1.82) is 0 Å². The number of nitrogens with zero attached hydrogens (tertiary/aromatic N) is 2. The second-order valence-electron chi connectivity index (χ2n) is 5.16. The van der Waals surface area contributed by atoms with Crippen molar-refractivity contribution in [3.05, 3.63) is 16.9 Å². The molecule has 0 spiro atoms. The molecule has 0 aliphatic heterocycles. The lowest BCUT2D eigenvalue weighted by Crippen LogP contribution is -2.49. The van der Waals surface area contributed by atoms with Gasteiger partial charge in [-0.2, -0.15) is 0 Å². The van der Waals surface area contributed by atoms with Crippen LogP contribution in [0.3, 0.4) is 0 Å². The molecule has 1 aromatic heterocycles. The number of carbonyl (C=O) groups is 2. The minimum absolute atomic E-state index is 0.0264. The van der Waals surface area contributed by atoms with Crippen molar-refractivity contribution in [2.45, 2.75) is 32.0 Å². The zero-order valence-electron chi connectivity index (χ0n) is 11.6. The van der Waals surface area contributed by atoms with E-state index in [0.29, 0.717) is 5.16 Å². The van der Waals surface area contributed by atoms with Crippen LogP contribution < -0.4 is 5.32 Å². The van der Waals surface area contributed by atoms with Crippen LogP contribution in [0.1, 0.15) is 31.3 Å². The van der Waals surface area contributed by atoms with Crippen molar-refractivity contribution >= 4 is 35.2 Å². The van der Waals surface area contributed by atoms with Crippen molar-refractivity contribution < 1.29 is 14.7 Å². The number of rotatable bonds is 4. The first-order valence-corrected chi connectivity index (χ1v) is 7.37. The highest BCUT2D eigenvalue weighted by Gasteiger charge is 2.33. The molecular weight excluding hydrogens is 302 g/mol. The first-order chi connectivity index (χ1) is 9.16. The number of aliphatic carboxylic acids is 1.